The number of sulfone groups is 1. The number of amides is 6. The van der Waals surface area contributed by atoms with Crippen molar-refractivity contribution in [2.45, 2.75) is 290 Å². The van der Waals surface area contributed by atoms with E-state index in [0.29, 0.717) is 34.7 Å². The van der Waals surface area contributed by atoms with Gasteiger partial charge in [0.1, 0.15) is 5.78 Å². The number of hydrogen-bond acceptors (Lipinski definition) is 10. The van der Waals surface area contributed by atoms with Gasteiger partial charge in [-0.05, 0) is 131 Å². The maximum Gasteiger partial charge on any atom is 0.315 e. The molecule has 0 aromatic rings. The van der Waals surface area contributed by atoms with Gasteiger partial charge in [0.05, 0.1) is 28.0 Å². The van der Waals surface area contributed by atoms with Crippen LogP contribution in [0.15, 0.2) is 0 Å². The molecule has 1 unspecified atom stereocenters. The molecule has 20 heteroatoms. The molecule has 0 heterocycles. The van der Waals surface area contributed by atoms with Crippen LogP contribution < -0.4 is 36.6 Å². The highest BCUT2D eigenvalue weighted by Crippen LogP contribution is 2.07. The van der Waals surface area contributed by atoms with Gasteiger partial charge in [0.2, 0.25) is 23.6 Å². The highest BCUT2D eigenvalue weighted by atomic mass is 32.2. The Morgan fingerprint density at radius 3 is 0.855 bits per heavy atom. The van der Waals surface area contributed by atoms with Crippen molar-refractivity contribution in [3.63, 3.8) is 0 Å². The highest BCUT2D eigenvalue weighted by Gasteiger charge is 2.20. The fourth-order valence-electron chi connectivity index (χ4n) is 4.64. The standard InChI is InChI=1S/C9H18N2O2.C8H17NO.C7H16N2O.C7H15NO.C7H14O.C6H15NOS.C6H14O2S.C6H14OS/c1-6(2)9(13)10-5-8(12)11-7(3)4;1-6(2)5-8(10)9-7(3)4;1-5(2)8-7(10)9-6(3)4;1-5(2)7(9)8-6(3)4;1-5(2)7(8)6(3)4;1-5(2)7-9(8)6(3)4;1-5(2)9(7,8)6(3)4;1-5(2)8(7)6(3)4/h6-7H,5H2,1-4H3,(H,10,13)(H,11,12);6-7H,5H2,1-4H3,(H,9,10);5-6H,1-4H3,(H2,8,9,10);5-6H,1-4H3,(H,8,9);5-6H,1-4H3;5-7H,1-4H3;5-6H,1-4H3;5-6H,1-4H3. The molecule has 0 saturated carbocycles. The van der Waals surface area contributed by atoms with Crippen LogP contribution in [0.4, 0.5) is 4.79 Å². The Hall–Kier alpha value is -2.97. The first-order valence-electron chi connectivity index (χ1n) is 27.6. The summed E-state index contributed by atoms with van der Waals surface area (Å²) in [5.74, 6) is 1.28. The van der Waals surface area contributed by atoms with Crippen molar-refractivity contribution < 1.29 is 45.6 Å². The van der Waals surface area contributed by atoms with E-state index in [1.807, 2.05) is 180 Å². The van der Waals surface area contributed by atoms with Crippen LogP contribution in [0, 0.1) is 29.6 Å². The molecule has 0 bridgehead atoms. The molecule has 0 saturated heterocycles. The quantitative estimate of drug-likeness (QED) is 0.0607. The van der Waals surface area contributed by atoms with Gasteiger partial charge in [0.25, 0.3) is 0 Å². The van der Waals surface area contributed by atoms with E-state index in [0.717, 1.165) is 0 Å². The molecule has 0 aliphatic carbocycles. The van der Waals surface area contributed by atoms with Crippen LogP contribution >= 0.6 is 0 Å². The number of urea groups is 1. The zero-order valence-corrected chi connectivity index (χ0v) is 56.9. The molecule has 0 rings (SSSR count). The highest BCUT2D eigenvalue weighted by molar-refractivity contribution is 7.92. The van der Waals surface area contributed by atoms with Crippen LogP contribution in [-0.2, 0) is 55.6 Å². The Morgan fingerprint density at radius 1 is 0.382 bits per heavy atom. The number of rotatable bonds is 20. The van der Waals surface area contributed by atoms with Crippen molar-refractivity contribution >= 4 is 67.1 Å². The molecular weight excluding hydrogens is 1030 g/mol. The molecule has 0 radical (unpaired) electrons. The fourth-order valence-corrected chi connectivity index (χ4v) is 7.55. The molecule has 0 aromatic heterocycles. The summed E-state index contributed by atoms with van der Waals surface area (Å²) < 4.78 is 46.9. The van der Waals surface area contributed by atoms with E-state index in [2.05, 4.69) is 36.6 Å². The third-order valence-electron chi connectivity index (χ3n) is 8.40. The van der Waals surface area contributed by atoms with Crippen LogP contribution in [0.3, 0.4) is 0 Å². The maximum absolute atomic E-state index is 11.1. The summed E-state index contributed by atoms with van der Waals surface area (Å²) in [4.78, 5) is 65.6. The monoisotopic (exact) mass is 1150 g/mol. The predicted octanol–water partition coefficient (Wildman–Crippen LogP) is 9.80. The van der Waals surface area contributed by atoms with Crippen LogP contribution in [0.5, 0.6) is 0 Å². The normalized spacial score (nSPS) is 11.4. The van der Waals surface area contributed by atoms with Crippen molar-refractivity contribution in [2.24, 2.45) is 29.6 Å². The van der Waals surface area contributed by atoms with Gasteiger partial charge in [0.15, 0.2) is 9.84 Å². The number of Topliss-reactive ketones (excluding diaryl/α,β-unsaturated/α-hetero) is 1. The third-order valence-corrected chi connectivity index (χ3v) is 14.4. The Kier molecular flexibility index (Phi) is 60.7. The van der Waals surface area contributed by atoms with Crippen LogP contribution in [0.2, 0.25) is 0 Å². The summed E-state index contributed by atoms with van der Waals surface area (Å²) in [7, 11) is -4.29. The summed E-state index contributed by atoms with van der Waals surface area (Å²) in [5, 5.41) is 16.7. The largest absolute Gasteiger partial charge is 0.354 e. The van der Waals surface area contributed by atoms with Gasteiger partial charge in [0, 0.05) is 92.9 Å². The zero-order chi connectivity index (χ0) is 62.7. The summed E-state index contributed by atoms with van der Waals surface area (Å²) in [6.45, 7) is 61.2. The van der Waals surface area contributed by atoms with Gasteiger partial charge >= 0.3 is 6.03 Å². The van der Waals surface area contributed by atoms with E-state index in [1.54, 1.807) is 41.5 Å². The first kappa shape index (κ1) is 89.6. The molecular formula is C56H123N7O10S3. The van der Waals surface area contributed by atoms with E-state index < -0.39 is 31.6 Å². The lowest BCUT2D eigenvalue weighted by atomic mass is 9.99. The first-order chi connectivity index (χ1) is 34.0. The second kappa shape index (κ2) is 51.5. The predicted molar refractivity (Wildman–Crippen MR) is 328 cm³/mol. The molecule has 0 aliphatic rings. The molecule has 1 atom stereocenters. The molecule has 0 fully saturated rings. The molecule has 76 heavy (non-hydrogen) atoms. The van der Waals surface area contributed by atoms with Gasteiger partial charge < -0.3 is 31.9 Å². The molecule has 17 nitrogen and oxygen atoms in total. The van der Waals surface area contributed by atoms with E-state index in [9.17, 15) is 45.6 Å². The first-order valence-corrected chi connectivity index (χ1v) is 31.7. The van der Waals surface area contributed by atoms with Crippen molar-refractivity contribution in [3.8, 4) is 0 Å². The average Bonchev–Trinajstić information content (AvgIpc) is 3.21. The minimum atomic E-state index is -2.81. The Morgan fingerprint density at radius 2 is 0.697 bits per heavy atom. The minimum absolute atomic E-state index is 0.0647. The lowest BCUT2D eigenvalue weighted by Crippen LogP contribution is -2.42. The van der Waals surface area contributed by atoms with Crippen LogP contribution in [0.25, 0.3) is 0 Å². The average molecular weight is 1150 g/mol. The van der Waals surface area contributed by atoms with Gasteiger partial charge in [-0.15, -0.1) is 0 Å². The second-order valence-corrected chi connectivity index (χ2v) is 30.5. The molecule has 0 spiro atoms. The van der Waals surface area contributed by atoms with Gasteiger partial charge in [-0.1, -0.05) is 96.9 Å². The van der Waals surface area contributed by atoms with E-state index in [1.165, 1.54) is 0 Å². The lowest BCUT2D eigenvalue weighted by Gasteiger charge is -2.11. The molecule has 0 aliphatic heterocycles. The number of carbonyl (C=O) groups is 6. The van der Waals surface area contributed by atoms with E-state index >= 15 is 0 Å². The SMILES string of the molecule is CC(C)C(=O)C(C)C.CC(C)CC(=O)NC(C)C.CC(C)NC(=O)C(C)C.CC(C)NC(=O)CNC(=O)C(C)C.CC(C)NC(=O)NC(C)C.CC(C)NS(=O)C(C)C.CC(C)S(=O)(=O)C(C)C.CC(C)S(=O)C(C)C. The lowest BCUT2D eigenvalue weighted by molar-refractivity contribution is -0.128. The van der Waals surface area contributed by atoms with E-state index in [-0.39, 0.29) is 106 Å². The molecule has 460 valence electrons. The number of carbonyl (C=O) groups excluding carboxylic acids is 6. The second-order valence-electron chi connectivity index (χ2n) is 23.1. The van der Waals surface area contributed by atoms with Crippen molar-refractivity contribution in [1.29, 1.82) is 0 Å². The summed E-state index contributed by atoms with van der Waals surface area (Å²) in [6, 6.07) is 1.28. The van der Waals surface area contributed by atoms with Crippen molar-refractivity contribution in [3.05, 3.63) is 0 Å². The number of nitrogens with one attached hydrogen (secondary N) is 7. The van der Waals surface area contributed by atoms with Gasteiger partial charge in [-0.25, -0.2) is 22.1 Å². The zero-order valence-electron chi connectivity index (χ0n) is 54.5. The maximum atomic E-state index is 11.1. The van der Waals surface area contributed by atoms with Crippen LogP contribution in [0.1, 0.15) is 228 Å². The van der Waals surface area contributed by atoms with Gasteiger partial charge in [-0.3, -0.25) is 28.2 Å². The summed E-state index contributed by atoms with van der Waals surface area (Å²) in [6.07, 6.45) is 0.637. The number of ketones is 1. The van der Waals surface area contributed by atoms with Gasteiger partial charge in [-0.2, -0.15) is 0 Å². The number of hydrogen-bond donors (Lipinski definition) is 7. The Balaban J connectivity index is -0.000000116. The van der Waals surface area contributed by atoms with Crippen molar-refractivity contribution in [1.82, 2.24) is 36.6 Å². The smallest absolute Gasteiger partial charge is 0.315 e. The summed E-state index contributed by atoms with van der Waals surface area (Å²) in [5.41, 5.74) is 0. The van der Waals surface area contributed by atoms with Crippen LogP contribution in [-0.4, -0.2) is 121 Å². The molecule has 6 amide bonds. The Labute approximate surface area is 473 Å². The summed E-state index contributed by atoms with van der Waals surface area (Å²) >= 11 is 0. The minimum Gasteiger partial charge on any atom is -0.354 e. The fraction of sp³-hybridized carbons (Fsp3) is 0.893. The molecule has 7 N–H and O–H groups in total. The van der Waals surface area contributed by atoms with E-state index in [4.69, 9.17) is 0 Å². The molecule has 0 aromatic carbocycles. The van der Waals surface area contributed by atoms with Crippen molar-refractivity contribution in [2.75, 3.05) is 6.54 Å². The third kappa shape index (κ3) is 71.0. The topological polar surface area (TPSA) is 255 Å². The Bertz CT molecular complexity index is 1520.